The zero-order chi connectivity index (χ0) is 7.71. The molecule has 0 aliphatic rings. The van der Waals surface area contributed by atoms with Crippen LogP contribution in [0.4, 0.5) is 0 Å². The molecule has 0 aromatic rings. The molecule has 0 rings (SSSR count). The molecule has 0 aliphatic heterocycles. The lowest BCUT2D eigenvalue weighted by atomic mass is 15.6. The average molecular weight is 206 g/mol. The van der Waals surface area contributed by atoms with Gasteiger partial charge in [-0.1, -0.05) is 0 Å². The van der Waals surface area contributed by atoms with E-state index in [0.29, 0.717) is 0 Å². The predicted molar refractivity (Wildman–Crippen MR) is 39.4 cm³/mol. The number of rotatable bonds is 2. The predicted octanol–water partition coefficient (Wildman–Crippen LogP) is -2.30. The highest BCUT2D eigenvalue weighted by atomic mass is 32.5. The maximum atomic E-state index is 8.55. The van der Waals surface area contributed by atoms with Crippen LogP contribution in [0, 0.1) is 0 Å². The first kappa shape index (κ1) is 9.93. The van der Waals surface area contributed by atoms with Crippen molar-refractivity contribution in [2.45, 2.75) is 0 Å². The standard InChI is InChI=1S/H6O5S2Si2/c1-8(2,3)5-9(4,6)7/h1-4,6-7H. The van der Waals surface area contributed by atoms with Gasteiger partial charge >= 0.3 is 15.9 Å². The molecule has 0 saturated heterocycles. The number of thiol groups is 2. The highest BCUT2D eigenvalue weighted by molar-refractivity contribution is 8.43. The number of hydrogen-bond acceptors (Lipinski definition) is 7. The van der Waals surface area contributed by atoms with Crippen molar-refractivity contribution in [3.63, 3.8) is 0 Å². The van der Waals surface area contributed by atoms with Crippen LogP contribution in [0.25, 0.3) is 0 Å². The minimum Gasteiger partial charge on any atom is -0.396 e. The highest BCUT2D eigenvalue weighted by Crippen LogP contribution is 2.12. The molecule has 0 aromatic carbocycles. The van der Waals surface area contributed by atoms with Gasteiger partial charge in [-0.05, 0) is 0 Å². The second kappa shape index (κ2) is 2.90. The molecule has 4 N–H and O–H groups in total. The Labute approximate surface area is 63.8 Å². The van der Waals surface area contributed by atoms with Gasteiger partial charge in [0.2, 0.25) is 0 Å². The molecule has 0 bridgehead atoms. The summed E-state index contributed by atoms with van der Waals surface area (Å²) >= 11 is 6.68. The van der Waals surface area contributed by atoms with Gasteiger partial charge in [0.1, 0.15) is 0 Å². The Morgan fingerprint density at radius 1 is 1.00 bits per heavy atom. The Kier molecular flexibility index (Phi) is 3.20. The molecule has 9 heavy (non-hydrogen) atoms. The Balaban J connectivity index is 3.75. The van der Waals surface area contributed by atoms with E-state index >= 15 is 0 Å². The molecule has 56 valence electrons. The zero-order valence-electron chi connectivity index (χ0n) is 4.09. The van der Waals surface area contributed by atoms with Crippen molar-refractivity contribution in [3.05, 3.63) is 0 Å². The van der Waals surface area contributed by atoms with Crippen molar-refractivity contribution >= 4 is 40.1 Å². The minimum absolute atomic E-state index is 3.34. The van der Waals surface area contributed by atoms with Crippen molar-refractivity contribution in [1.29, 1.82) is 0 Å². The van der Waals surface area contributed by atoms with Crippen LogP contribution in [-0.4, -0.2) is 35.1 Å². The zero-order valence-corrected chi connectivity index (χ0v) is 7.88. The van der Waals surface area contributed by atoms with Crippen molar-refractivity contribution in [2.75, 3.05) is 0 Å². The molecule has 0 saturated carbocycles. The van der Waals surface area contributed by atoms with Gasteiger partial charge < -0.3 is 23.3 Å². The van der Waals surface area contributed by atoms with E-state index in [1.54, 1.807) is 0 Å². The molecule has 5 nitrogen and oxygen atoms in total. The quantitative estimate of drug-likeness (QED) is 0.226. The van der Waals surface area contributed by atoms with Crippen LogP contribution in [0.2, 0.25) is 0 Å². The summed E-state index contributed by atoms with van der Waals surface area (Å²) in [6.45, 7) is -3.59. The Bertz CT molecular complexity index is 78.1. The first-order chi connectivity index (χ1) is 3.71. The lowest BCUT2D eigenvalue weighted by Crippen LogP contribution is -2.47. The third-order valence-corrected chi connectivity index (χ3v) is 4.11. The van der Waals surface area contributed by atoms with Crippen LogP contribution in [-0.2, 0) is 4.12 Å². The molecule has 0 heterocycles. The maximum Gasteiger partial charge on any atom is 0.663 e. The van der Waals surface area contributed by atoms with Gasteiger partial charge in [-0.15, -0.1) is 24.2 Å². The van der Waals surface area contributed by atoms with E-state index in [2.05, 4.69) is 28.3 Å². The van der Waals surface area contributed by atoms with Crippen LogP contribution in [0.5, 0.6) is 0 Å². The smallest absolute Gasteiger partial charge is 0.396 e. The van der Waals surface area contributed by atoms with E-state index < -0.39 is 15.9 Å². The largest absolute Gasteiger partial charge is 0.663 e. The van der Waals surface area contributed by atoms with Gasteiger partial charge in [0.05, 0.1) is 0 Å². The number of hydrogen-bond donors (Lipinski definition) is 6. The van der Waals surface area contributed by atoms with Gasteiger partial charge in [-0.3, -0.25) is 0 Å². The molecule has 0 atom stereocenters. The van der Waals surface area contributed by atoms with Gasteiger partial charge in [0.25, 0.3) is 0 Å². The van der Waals surface area contributed by atoms with Crippen LogP contribution in [0.3, 0.4) is 0 Å². The van der Waals surface area contributed by atoms with Crippen molar-refractivity contribution in [3.8, 4) is 0 Å². The van der Waals surface area contributed by atoms with Crippen molar-refractivity contribution in [1.82, 2.24) is 0 Å². The van der Waals surface area contributed by atoms with Crippen molar-refractivity contribution in [2.24, 2.45) is 0 Å². The summed E-state index contributed by atoms with van der Waals surface area (Å²) in [5.41, 5.74) is 0. The molecular weight excluding hydrogens is 200 g/mol. The molecular formula is H6O5S2Si2. The van der Waals surface area contributed by atoms with Crippen LogP contribution in [0.15, 0.2) is 0 Å². The monoisotopic (exact) mass is 206 g/mol. The fourth-order valence-corrected chi connectivity index (χ4v) is 3.86. The Morgan fingerprint density at radius 3 is 1.33 bits per heavy atom. The molecule has 9 heteroatoms. The Hall–Kier alpha value is 0.934. The Morgan fingerprint density at radius 2 is 1.33 bits per heavy atom. The van der Waals surface area contributed by atoms with Crippen LogP contribution in [0.1, 0.15) is 0 Å². The first-order valence-corrected chi connectivity index (χ1v) is 7.93. The SMILES string of the molecule is O[Si](O)(O)O[Si](O)(S)S. The van der Waals surface area contributed by atoms with Gasteiger partial charge in [0.15, 0.2) is 0 Å². The summed E-state index contributed by atoms with van der Waals surface area (Å²) in [6, 6.07) is 0. The summed E-state index contributed by atoms with van der Waals surface area (Å²) in [7, 11) is -4.63. The highest BCUT2D eigenvalue weighted by Gasteiger charge is 2.41. The van der Waals surface area contributed by atoms with E-state index in [-0.39, 0.29) is 0 Å². The second-order valence-electron chi connectivity index (χ2n) is 1.25. The van der Waals surface area contributed by atoms with E-state index in [4.69, 9.17) is 19.2 Å². The second-order valence-corrected chi connectivity index (χ2v) is 9.06. The molecule has 0 unspecified atom stereocenters. The third kappa shape index (κ3) is 8.93. The maximum absolute atomic E-state index is 8.55. The van der Waals surface area contributed by atoms with E-state index in [1.165, 1.54) is 0 Å². The third-order valence-electron chi connectivity index (χ3n) is 0.274. The van der Waals surface area contributed by atoms with E-state index in [9.17, 15) is 0 Å². The van der Waals surface area contributed by atoms with Crippen LogP contribution < -0.4 is 0 Å². The molecule has 0 aliphatic carbocycles. The molecule has 0 spiro atoms. The summed E-state index contributed by atoms with van der Waals surface area (Å²) in [5.74, 6) is 0. The first-order valence-electron chi connectivity index (χ1n) is 1.75. The summed E-state index contributed by atoms with van der Waals surface area (Å²) in [6.07, 6.45) is 0. The van der Waals surface area contributed by atoms with Crippen LogP contribution >= 0.6 is 24.2 Å². The average Bonchev–Trinajstić information content (AvgIpc) is 1.14. The molecule has 0 aromatic heterocycles. The minimum atomic E-state index is -4.63. The normalized spacial score (nSPS) is 14.0. The van der Waals surface area contributed by atoms with Gasteiger partial charge in [-0.2, -0.15) is 0 Å². The molecule has 0 fully saturated rings. The fourth-order valence-electron chi connectivity index (χ4n) is 0.184. The van der Waals surface area contributed by atoms with E-state index in [1.807, 2.05) is 0 Å². The fraction of sp³-hybridized carbons (Fsp3) is 0. The summed E-state index contributed by atoms with van der Waals surface area (Å²) in [4.78, 5) is 33.0. The van der Waals surface area contributed by atoms with Crippen molar-refractivity contribution < 1.29 is 23.3 Å². The van der Waals surface area contributed by atoms with Gasteiger partial charge in [0, 0.05) is 0 Å². The molecule has 0 radical (unpaired) electrons. The van der Waals surface area contributed by atoms with Gasteiger partial charge in [-0.25, -0.2) is 0 Å². The topological polar surface area (TPSA) is 90.2 Å². The van der Waals surface area contributed by atoms with E-state index in [0.717, 1.165) is 0 Å². The lowest BCUT2D eigenvalue weighted by Gasteiger charge is -2.16. The lowest BCUT2D eigenvalue weighted by molar-refractivity contribution is 0.119. The molecule has 0 amide bonds. The summed E-state index contributed by atoms with van der Waals surface area (Å²) < 4.78 is 3.85. The summed E-state index contributed by atoms with van der Waals surface area (Å²) in [5, 5.41) is 0.